The number of nitrogens with one attached hydrogen (secondary N) is 1. The van der Waals surface area contributed by atoms with Crippen LogP contribution >= 0.6 is 0 Å². The van der Waals surface area contributed by atoms with Crippen molar-refractivity contribution in [3.8, 4) is 11.5 Å². The van der Waals surface area contributed by atoms with Gasteiger partial charge in [-0.15, -0.1) is 5.54 Å². The molecule has 0 fully saturated rings. The Morgan fingerprint density at radius 1 is 1.12 bits per heavy atom. The van der Waals surface area contributed by atoms with Gasteiger partial charge in [-0.3, -0.25) is 4.79 Å². The number of H-pyrrole nitrogens is 1. The van der Waals surface area contributed by atoms with E-state index in [1.807, 2.05) is 6.92 Å². The van der Waals surface area contributed by atoms with Gasteiger partial charge in [-0.05, 0) is 38.3 Å². The first kappa shape index (κ1) is 20.0. The van der Waals surface area contributed by atoms with Gasteiger partial charge in [0.2, 0.25) is 0 Å². The first-order valence-electron chi connectivity index (χ1n) is 8.27. The van der Waals surface area contributed by atoms with Gasteiger partial charge in [0.25, 0.3) is 0 Å². The fraction of sp³-hybridized carbons (Fsp3) is 0.556. The van der Waals surface area contributed by atoms with Crippen molar-refractivity contribution in [3.05, 3.63) is 22.5 Å². The van der Waals surface area contributed by atoms with E-state index in [0.717, 1.165) is 11.1 Å². The van der Waals surface area contributed by atoms with Gasteiger partial charge in [-0.1, -0.05) is 25.6 Å². The quantitative estimate of drug-likeness (QED) is 0.486. The second-order valence-corrected chi connectivity index (χ2v) is 11.3. The van der Waals surface area contributed by atoms with Crippen molar-refractivity contribution in [3.63, 3.8) is 0 Å². The molecule has 0 bridgehead atoms. The lowest BCUT2D eigenvalue weighted by molar-refractivity contribution is -0.143. The van der Waals surface area contributed by atoms with Gasteiger partial charge in [-0.25, -0.2) is 4.79 Å². The largest absolute Gasteiger partial charge is 0.466 e. The minimum Gasteiger partial charge on any atom is -0.466 e. The predicted molar refractivity (Wildman–Crippen MR) is 96.7 cm³/mol. The smallest absolute Gasteiger partial charge is 0.355 e. The summed E-state index contributed by atoms with van der Waals surface area (Å²) in [5, 5.41) is 0. The number of ether oxygens (including phenoxy) is 2. The zero-order chi connectivity index (χ0) is 18.3. The van der Waals surface area contributed by atoms with Gasteiger partial charge in [0, 0.05) is 6.42 Å². The van der Waals surface area contributed by atoms with Crippen LogP contribution in [0.4, 0.5) is 0 Å². The zero-order valence-electron chi connectivity index (χ0n) is 15.5. The van der Waals surface area contributed by atoms with Crippen LogP contribution in [-0.4, -0.2) is 38.2 Å². The molecule has 0 saturated heterocycles. The number of carbonyl (C=O) groups is 2. The summed E-state index contributed by atoms with van der Waals surface area (Å²) in [5.41, 5.74) is 6.08. The Hall–Kier alpha value is -2.00. The van der Waals surface area contributed by atoms with E-state index in [1.165, 1.54) is 0 Å². The Labute approximate surface area is 145 Å². The molecule has 0 saturated carbocycles. The SMILES string of the molecule is CCOC(=O)CCc1c(C#C[Si](C)(C)C)[nH]c(C(=O)OCC)c1C. The van der Waals surface area contributed by atoms with E-state index in [9.17, 15) is 9.59 Å². The van der Waals surface area contributed by atoms with Crippen molar-refractivity contribution in [1.82, 2.24) is 4.98 Å². The highest BCUT2D eigenvalue weighted by Gasteiger charge is 2.20. The van der Waals surface area contributed by atoms with E-state index in [0.29, 0.717) is 31.0 Å². The molecule has 24 heavy (non-hydrogen) atoms. The van der Waals surface area contributed by atoms with Crippen LogP contribution in [-0.2, 0) is 20.7 Å². The van der Waals surface area contributed by atoms with E-state index < -0.39 is 14.0 Å². The molecule has 132 valence electrons. The van der Waals surface area contributed by atoms with Crippen LogP contribution in [0.5, 0.6) is 0 Å². The average molecular weight is 350 g/mol. The molecule has 1 N–H and O–H groups in total. The van der Waals surface area contributed by atoms with E-state index in [4.69, 9.17) is 9.47 Å². The molecule has 1 aromatic rings. The highest BCUT2D eigenvalue weighted by molar-refractivity contribution is 6.83. The maximum atomic E-state index is 12.1. The number of aromatic nitrogens is 1. The lowest BCUT2D eigenvalue weighted by Crippen LogP contribution is -2.16. The summed E-state index contributed by atoms with van der Waals surface area (Å²) in [6.07, 6.45) is 0.743. The van der Waals surface area contributed by atoms with E-state index in [1.54, 1.807) is 13.8 Å². The summed E-state index contributed by atoms with van der Waals surface area (Å²) >= 11 is 0. The maximum Gasteiger partial charge on any atom is 0.355 e. The van der Waals surface area contributed by atoms with Crippen LogP contribution in [0.25, 0.3) is 0 Å². The van der Waals surface area contributed by atoms with Crippen LogP contribution in [0, 0.1) is 18.4 Å². The molecular weight excluding hydrogens is 322 g/mol. The Kier molecular flexibility index (Phi) is 7.30. The number of rotatable bonds is 6. The summed E-state index contributed by atoms with van der Waals surface area (Å²) < 4.78 is 10.1. The first-order valence-corrected chi connectivity index (χ1v) is 11.8. The topological polar surface area (TPSA) is 68.4 Å². The Morgan fingerprint density at radius 2 is 1.75 bits per heavy atom. The van der Waals surface area contributed by atoms with Crippen molar-refractivity contribution in [2.45, 2.75) is 53.3 Å². The zero-order valence-corrected chi connectivity index (χ0v) is 16.5. The number of hydrogen-bond acceptors (Lipinski definition) is 4. The van der Waals surface area contributed by atoms with Crippen LogP contribution in [0.2, 0.25) is 19.6 Å². The molecule has 0 unspecified atom stereocenters. The van der Waals surface area contributed by atoms with Crippen molar-refractivity contribution in [2.75, 3.05) is 13.2 Å². The van der Waals surface area contributed by atoms with Gasteiger partial charge < -0.3 is 14.5 Å². The fourth-order valence-corrected chi connectivity index (χ4v) is 2.67. The molecule has 5 nitrogen and oxygen atoms in total. The molecule has 6 heteroatoms. The van der Waals surface area contributed by atoms with Gasteiger partial charge in [-0.2, -0.15) is 0 Å². The third-order valence-corrected chi connectivity index (χ3v) is 4.18. The number of carbonyl (C=O) groups excluding carboxylic acids is 2. The lowest BCUT2D eigenvalue weighted by Gasteiger charge is -2.05. The third kappa shape index (κ3) is 5.89. The van der Waals surface area contributed by atoms with Crippen LogP contribution in [0.3, 0.4) is 0 Å². The van der Waals surface area contributed by atoms with Crippen LogP contribution < -0.4 is 0 Å². The van der Waals surface area contributed by atoms with Gasteiger partial charge in [0.15, 0.2) is 0 Å². The molecule has 1 rings (SSSR count). The average Bonchev–Trinajstić information content (AvgIpc) is 2.79. The standard InChI is InChI=1S/C18H27NO4Si/c1-7-22-16(20)10-9-14-13(3)17(18(21)23-8-2)19-15(14)11-12-24(4,5)6/h19H,7-10H2,1-6H3. The Bertz CT molecular complexity index is 659. The van der Waals surface area contributed by atoms with Gasteiger partial charge >= 0.3 is 11.9 Å². The van der Waals surface area contributed by atoms with Crippen molar-refractivity contribution in [2.24, 2.45) is 0 Å². The molecule has 1 heterocycles. The highest BCUT2D eigenvalue weighted by atomic mass is 28.3. The molecule has 0 radical (unpaired) electrons. The van der Waals surface area contributed by atoms with Crippen molar-refractivity contribution >= 4 is 20.0 Å². The highest BCUT2D eigenvalue weighted by Crippen LogP contribution is 2.21. The van der Waals surface area contributed by atoms with Crippen molar-refractivity contribution in [1.29, 1.82) is 0 Å². The van der Waals surface area contributed by atoms with Crippen LogP contribution in [0.1, 0.15) is 47.6 Å². The predicted octanol–water partition coefficient (Wildman–Crippen LogP) is 3.22. The van der Waals surface area contributed by atoms with Gasteiger partial charge in [0.05, 0.1) is 18.9 Å². The lowest BCUT2D eigenvalue weighted by atomic mass is 10.0. The molecule has 0 spiro atoms. The minimum absolute atomic E-state index is 0.250. The number of hydrogen-bond donors (Lipinski definition) is 1. The molecule has 0 aromatic carbocycles. The minimum atomic E-state index is -1.56. The van der Waals surface area contributed by atoms with E-state index in [-0.39, 0.29) is 12.4 Å². The molecule has 0 aliphatic heterocycles. The molecule has 0 aliphatic rings. The molecule has 0 amide bonds. The summed E-state index contributed by atoms with van der Waals surface area (Å²) in [6, 6.07) is 0. The number of aromatic amines is 1. The van der Waals surface area contributed by atoms with E-state index >= 15 is 0 Å². The molecule has 0 atom stereocenters. The molecule has 1 aromatic heterocycles. The normalized spacial score (nSPS) is 10.8. The summed E-state index contributed by atoms with van der Waals surface area (Å²) in [7, 11) is -1.56. The summed E-state index contributed by atoms with van der Waals surface area (Å²) in [5.74, 6) is 2.52. The Morgan fingerprint density at radius 3 is 2.29 bits per heavy atom. The van der Waals surface area contributed by atoms with Crippen LogP contribution in [0.15, 0.2) is 0 Å². The second kappa shape index (κ2) is 8.74. The fourth-order valence-electron chi connectivity index (χ4n) is 2.17. The van der Waals surface area contributed by atoms with Gasteiger partial charge in [0.1, 0.15) is 13.8 Å². The Balaban J connectivity index is 3.18. The monoisotopic (exact) mass is 349 g/mol. The first-order chi connectivity index (χ1) is 11.2. The number of esters is 2. The molecular formula is C18H27NO4Si. The van der Waals surface area contributed by atoms with E-state index in [2.05, 4.69) is 36.1 Å². The van der Waals surface area contributed by atoms with Crippen molar-refractivity contribution < 1.29 is 19.1 Å². The maximum absolute atomic E-state index is 12.1. The summed E-state index contributed by atoms with van der Waals surface area (Å²) in [6.45, 7) is 12.5. The third-order valence-electron chi connectivity index (χ3n) is 3.31. The summed E-state index contributed by atoms with van der Waals surface area (Å²) in [4.78, 5) is 26.8. The molecule has 0 aliphatic carbocycles. The second-order valence-electron chi connectivity index (χ2n) is 6.50.